The number of hydrogen-bond donors (Lipinski definition) is 0. The van der Waals surface area contributed by atoms with Gasteiger partial charge in [-0.25, -0.2) is 0 Å². The summed E-state index contributed by atoms with van der Waals surface area (Å²) in [5.74, 6) is -0.690. The summed E-state index contributed by atoms with van der Waals surface area (Å²) in [6.07, 6.45) is 6.29. The lowest BCUT2D eigenvalue weighted by molar-refractivity contribution is -0.114. The molecule has 1 unspecified atom stereocenters. The smallest absolute Gasteiger partial charge is 0.270 e. The van der Waals surface area contributed by atoms with Gasteiger partial charge < -0.3 is 4.74 Å². The van der Waals surface area contributed by atoms with Gasteiger partial charge in [-0.3, -0.25) is 10.5 Å². The van der Waals surface area contributed by atoms with Gasteiger partial charge in [0.1, 0.15) is 6.10 Å². The van der Waals surface area contributed by atoms with Crippen molar-refractivity contribution in [1.82, 2.24) is 5.73 Å². The molecule has 0 saturated heterocycles. The second-order valence-corrected chi connectivity index (χ2v) is 8.17. The van der Waals surface area contributed by atoms with Crippen LogP contribution < -0.4 is 5.73 Å². The van der Waals surface area contributed by atoms with E-state index < -0.39 is 5.91 Å². The van der Waals surface area contributed by atoms with Gasteiger partial charge in [0.2, 0.25) is 0 Å². The summed E-state index contributed by atoms with van der Waals surface area (Å²) in [6, 6.07) is 4.41. The Morgan fingerprint density at radius 3 is 2.58 bits per heavy atom. The van der Waals surface area contributed by atoms with E-state index in [9.17, 15) is 4.79 Å². The standard InChI is InChI=1S/C23H26NO2/c1-13-9-15-11-16(23(3,4)5)12-19(18(15)10-13)21-14(2)20(26-6)8-7-17(21)22(24)25/h7-9,11-12,20,24H,2,10H2,1,3-6H3. The summed E-state index contributed by atoms with van der Waals surface area (Å²) >= 11 is 0. The third-order valence-corrected chi connectivity index (χ3v) is 5.15. The Bertz CT molecular complexity index is 892. The molecule has 2 aliphatic carbocycles. The zero-order valence-corrected chi connectivity index (χ0v) is 16.2. The molecule has 2 aliphatic rings. The molecule has 3 heteroatoms. The molecule has 135 valence electrons. The van der Waals surface area contributed by atoms with Crippen molar-refractivity contribution < 1.29 is 9.53 Å². The minimum Gasteiger partial charge on any atom is -0.373 e. The molecule has 1 amide bonds. The van der Waals surface area contributed by atoms with Crippen LogP contribution in [0.15, 0.2) is 47.6 Å². The fourth-order valence-electron chi connectivity index (χ4n) is 3.70. The normalized spacial score (nSPS) is 19.7. The Hall–Kier alpha value is -2.39. The zero-order valence-electron chi connectivity index (χ0n) is 16.2. The van der Waals surface area contributed by atoms with Crippen LogP contribution in [0.4, 0.5) is 0 Å². The quantitative estimate of drug-likeness (QED) is 0.798. The maximum Gasteiger partial charge on any atom is 0.270 e. The van der Waals surface area contributed by atoms with E-state index in [2.05, 4.69) is 52.5 Å². The van der Waals surface area contributed by atoms with Crippen LogP contribution in [-0.4, -0.2) is 19.1 Å². The van der Waals surface area contributed by atoms with Gasteiger partial charge in [0, 0.05) is 18.3 Å². The highest BCUT2D eigenvalue weighted by Crippen LogP contribution is 2.41. The number of allylic oxidation sites excluding steroid dienone is 1. The van der Waals surface area contributed by atoms with Crippen LogP contribution in [-0.2, 0) is 21.4 Å². The molecule has 1 N–H and O–H groups in total. The van der Waals surface area contributed by atoms with E-state index in [1.165, 1.54) is 22.3 Å². The van der Waals surface area contributed by atoms with Crippen LogP contribution in [0.1, 0.15) is 49.9 Å². The van der Waals surface area contributed by atoms with Gasteiger partial charge in [0.25, 0.3) is 5.91 Å². The number of carbonyl (C=O) groups excluding carboxylic acids is 1. The molecule has 0 aromatic heterocycles. The lowest BCUT2D eigenvalue weighted by Gasteiger charge is -2.27. The van der Waals surface area contributed by atoms with Crippen molar-refractivity contribution in [3.8, 4) is 0 Å². The summed E-state index contributed by atoms with van der Waals surface area (Å²) in [6.45, 7) is 12.9. The van der Waals surface area contributed by atoms with Crippen molar-refractivity contribution in [3.63, 3.8) is 0 Å². The maximum atomic E-state index is 12.0. The van der Waals surface area contributed by atoms with Gasteiger partial charge >= 0.3 is 0 Å². The molecule has 1 radical (unpaired) electrons. The number of amides is 1. The monoisotopic (exact) mass is 348 g/mol. The highest BCUT2D eigenvalue weighted by molar-refractivity contribution is 6.07. The minimum atomic E-state index is -0.690. The van der Waals surface area contributed by atoms with Gasteiger partial charge in [-0.1, -0.05) is 57.2 Å². The minimum absolute atomic E-state index is 0.0215. The van der Waals surface area contributed by atoms with Crippen molar-refractivity contribution >= 4 is 17.6 Å². The predicted molar refractivity (Wildman–Crippen MR) is 107 cm³/mol. The molecule has 0 bridgehead atoms. The number of methoxy groups -OCH3 is 1. The van der Waals surface area contributed by atoms with E-state index in [-0.39, 0.29) is 11.5 Å². The molecule has 0 heterocycles. The van der Waals surface area contributed by atoms with Crippen molar-refractivity contribution in [1.29, 1.82) is 0 Å². The number of nitrogens with one attached hydrogen (secondary N) is 1. The van der Waals surface area contributed by atoms with Crippen molar-refractivity contribution in [3.05, 3.63) is 69.8 Å². The van der Waals surface area contributed by atoms with Crippen LogP contribution in [0, 0.1) is 0 Å². The molecule has 3 nitrogen and oxygen atoms in total. The number of benzene rings is 1. The molecule has 1 atom stereocenters. The van der Waals surface area contributed by atoms with Crippen molar-refractivity contribution in [2.45, 2.75) is 45.6 Å². The Morgan fingerprint density at radius 1 is 1.31 bits per heavy atom. The Kier molecular flexibility index (Phi) is 4.53. The fraction of sp³-hybridized carbons (Fsp3) is 0.348. The van der Waals surface area contributed by atoms with Crippen molar-refractivity contribution in [2.75, 3.05) is 7.11 Å². The summed E-state index contributed by atoms with van der Waals surface area (Å²) in [7, 11) is 1.63. The molecule has 1 aromatic carbocycles. The third-order valence-electron chi connectivity index (χ3n) is 5.15. The molecule has 0 aliphatic heterocycles. The first-order valence-corrected chi connectivity index (χ1v) is 8.88. The zero-order chi connectivity index (χ0) is 19.2. The van der Waals surface area contributed by atoms with Crippen LogP contribution in [0.2, 0.25) is 0 Å². The first-order chi connectivity index (χ1) is 12.1. The van der Waals surface area contributed by atoms with E-state index in [0.717, 1.165) is 23.1 Å². The molecule has 26 heavy (non-hydrogen) atoms. The van der Waals surface area contributed by atoms with Crippen LogP contribution in [0.3, 0.4) is 0 Å². The Balaban J connectivity index is 2.32. The third kappa shape index (κ3) is 3.08. The van der Waals surface area contributed by atoms with Crippen LogP contribution >= 0.6 is 0 Å². The summed E-state index contributed by atoms with van der Waals surface area (Å²) in [5, 5.41) is 0. The molecule has 3 rings (SSSR count). The molecular weight excluding hydrogens is 322 g/mol. The Labute approximate surface area is 155 Å². The molecular formula is C23H26NO2. The van der Waals surface area contributed by atoms with Gasteiger partial charge in [-0.05, 0) is 52.7 Å². The lowest BCUT2D eigenvalue weighted by atomic mass is 9.78. The van der Waals surface area contributed by atoms with Gasteiger partial charge in [-0.2, -0.15) is 0 Å². The number of rotatable bonds is 3. The van der Waals surface area contributed by atoms with Crippen molar-refractivity contribution in [2.24, 2.45) is 0 Å². The largest absolute Gasteiger partial charge is 0.373 e. The van der Waals surface area contributed by atoms with Crippen LogP contribution in [0.25, 0.3) is 11.6 Å². The lowest BCUT2D eigenvalue weighted by Crippen LogP contribution is -2.20. The average molecular weight is 348 g/mol. The number of fused-ring (bicyclic) bond motifs is 1. The second-order valence-electron chi connectivity index (χ2n) is 8.17. The van der Waals surface area contributed by atoms with E-state index in [1.54, 1.807) is 19.3 Å². The van der Waals surface area contributed by atoms with Gasteiger partial charge in [-0.15, -0.1) is 0 Å². The first kappa shape index (κ1) is 18.4. The predicted octanol–water partition coefficient (Wildman–Crippen LogP) is 4.65. The molecule has 1 aromatic rings. The molecule has 0 saturated carbocycles. The maximum absolute atomic E-state index is 12.0. The number of hydrogen-bond acceptors (Lipinski definition) is 2. The summed E-state index contributed by atoms with van der Waals surface area (Å²) < 4.78 is 5.52. The molecule has 0 spiro atoms. The Morgan fingerprint density at radius 2 is 2.00 bits per heavy atom. The van der Waals surface area contributed by atoms with E-state index in [0.29, 0.717) is 5.57 Å². The average Bonchev–Trinajstić information content (AvgIpc) is 2.93. The number of carbonyl (C=O) groups is 1. The van der Waals surface area contributed by atoms with E-state index >= 15 is 0 Å². The summed E-state index contributed by atoms with van der Waals surface area (Å²) in [4.78, 5) is 12.0. The second kappa shape index (κ2) is 6.40. The van der Waals surface area contributed by atoms with Crippen LogP contribution in [0.5, 0.6) is 0 Å². The summed E-state index contributed by atoms with van der Waals surface area (Å²) in [5.41, 5.74) is 15.5. The fourth-order valence-corrected chi connectivity index (χ4v) is 3.70. The van der Waals surface area contributed by atoms with Gasteiger partial charge in [0.05, 0.1) is 0 Å². The topological polar surface area (TPSA) is 50.1 Å². The SMILES string of the molecule is C=C1C(c2cc(C(C)(C)C)cc3c2CC(C)=C3)=C(C([NH])=O)C=CC1OC. The highest BCUT2D eigenvalue weighted by atomic mass is 16.5. The first-order valence-electron chi connectivity index (χ1n) is 8.88. The van der Waals surface area contributed by atoms with E-state index in [4.69, 9.17) is 10.5 Å². The van der Waals surface area contributed by atoms with E-state index in [1.807, 2.05) is 0 Å². The number of ether oxygens (including phenoxy) is 1. The van der Waals surface area contributed by atoms with Gasteiger partial charge in [0.15, 0.2) is 0 Å². The highest BCUT2D eigenvalue weighted by Gasteiger charge is 2.29. The molecule has 0 fully saturated rings.